The summed E-state index contributed by atoms with van der Waals surface area (Å²) >= 11 is 0. The second-order valence-corrected chi connectivity index (χ2v) is 4.51. The molecule has 0 aliphatic heterocycles. The highest BCUT2D eigenvalue weighted by molar-refractivity contribution is 5.64. The molecule has 0 saturated heterocycles. The van der Waals surface area contributed by atoms with Gasteiger partial charge in [-0.1, -0.05) is 6.42 Å². The summed E-state index contributed by atoms with van der Waals surface area (Å²) in [7, 11) is 5.55. The molecule has 0 spiro atoms. The van der Waals surface area contributed by atoms with Gasteiger partial charge in [0.1, 0.15) is 6.33 Å². The van der Waals surface area contributed by atoms with Crippen LogP contribution in [0.15, 0.2) is 6.33 Å². The van der Waals surface area contributed by atoms with Crippen molar-refractivity contribution in [1.29, 1.82) is 0 Å². The molecule has 0 amide bonds. The molecule has 1 N–H and O–H groups in total. The van der Waals surface area contributed by atoms with Gasteiger partial charge in [-0.05, 0) is 18.8 Å². The van der Waals surface area contributed by atoms with Gasteiger partial charge < -0.3 is 15.0 Å². The zero-order valence-corrected chi connectivity index (χ0v) is 10.7. The summed E-state index contributed by atoms with van der Waals surface area (Å²) in [6, 6.07) is 0. The molecule has 5 heteroatoms. The van der Waals surface area contributed by atoms with Crippen LogP contribution in [0.25, 0.3) is 0 Å². The van der Waals surface area contributed by atoms with Gasteiger partial charge in [0.2, 0.25) is 5.75 Å². The molecule has 5 nitrogen and oxygen atoms in total. The predicted octanol–water partition coefficient (Wildman–Crippen LogP) is 1.76. The number of aromatic nitrogens is 2. The van der Waals surface area contributed by atoms with Gasteiger partial charge >= 0.3 is 0 Å². The molecule has 0 radical (unpaired) electrons. The number of hydrogen-bond acceptors (Lipinski definition) is 5. The summed E-state index contributed by atoms with van der Waals surface area (Å²) in [4.78, 5) is 10.6. The van der Waals surface area contributed by atoms with Gasteiger partial charge in [0.25, 0.3) is 0 Å². The van der Waals surface area contributed by atoms with E-state index in [1.54, 1.807) is 13.4 Å². The van der Waals surface area contributed by atoms with Crippen LogP contribution < -0.4 is 15.0 Å². The number of rotatable bonds is 5. The van der Waals surface area contributed by atoms with Crippen LogP contribution in [0.2, 0.25) is 0 Å². The Morgan fingerprint density at radius 3 is 2.76 bits per heavy atom. The Labute approximate surface area is 102 Å². The first-order valence-electron chi connectivity index (χ1n) is 6.04. The third-order valence-corrected chi connectivity index (χ3v) is 3.34. The molecule has 1 saturated carbocycles. The first-order valence-corrected chi connectivity index (χ1v) is 6.04. The molecular weight excluding hydrogens is 216 g/mol. The molecule has 1 aromatic rings. The first kappa shape index (κ1) is 12.0. The Morgan fingerprint density at radius 2 is 2.24 bits per heavy atom. The van der Waals surface area contributed by atoms with E-state index in [1.807, 2.05) is 7.05 Å². The second kappa shape index (κ2) is 5.21. The molecule has 2 rings (SSSR count). The maximum Gasteiger partial charge on any atom is 0.204 e. The Balaban J connectivity index is 2.17. The van der Waals surface area contributed by atoms with E-state index in [9.17, 15) is 0 Å². The maximum atomic E-state index is 5.39. The number of nitrogens with zero attached hydrogens (tertiary/aromatic N) is 3. The second-order valence-electron chi connectivity index (χ2n) is 4.51. The van der Waals surface area contributed by atoms with E-state index >= 15 is 0 Å². The summed E-state index contributed by atoms with van der Waals surface area (Å²) < 4.78 is 5.39. The normalized spacial score (nSPS) is 15.2. The van der Waals surface area contributed by atoms with E-state index in [-0.39, 0.29) is 0 Å². The van der Waals surface area contributed by atoms with Gasteiger partial charge in [0.05, 0.1) is 7.11 Å². The van der Waals surface area contributed by atoms with Crippen LogP contribution in [0.3, 0.4) is 0 Å². The average Bonchev–Trinajstić information content (AvgIpc) is 2.32. The molecule has 0 atom stereocenters. The zero-order chi connectivity index (χ0) is 12.3. The molecule has 0 unspecified atom stereocenters. The third-order valence-electron chi connectivity index (χ3n) is 3.34. The fraction of sp³-hybridized carbons (Fsp3) is 0.667. The Hall–Kier alpha value is -1.52. The van der Waals surface area contributed by atoms with Crippen molar-refractivity contribution in [2.75, 3.05) is 38.0 Å². The van der Waals surface area contributed by atoms with Crippen molar-refractivity contribution in [3.05, 3.63) is 6.33 Å². The number of nitrogens with one attached hydrogen (secondary N) is 1. The molecule has 1 aromatic heterocycles. The molecule has 17 heavy (non-hydrogen) atoms. The van der Waals surface area contributed by atoms with Crippen LogP contribution in [0.1, 0.15) is 19.3 Å². The van der Waals surface area contributed by atoms with E-state index in [2.05, 4.69) is 27.2 Å². The standard InChI is InChI=1S/C12H20N4O/c1-13-11-10(17-3)12(15-8-14-11)16(2)7-9-5-4-6-9/h8-9H,4-7H2,1-3H3,(H,13,14,15). The summed E-state index contributed by atoms with van der Waals surface area (Å²) in [6.07, 6.45) is 5.59. The SMILES string of the molecule is CNc1ncnc(N(C)CC2CCC2)c1OC. The first-order chi connectivity index (χ1) is 8.26. The van der Waals surface area contributed by atoms with Crippen LogP contribution in [-0.4, -0.2) is 37.7 Å². The topological polar surface area (TPSA) is 50.3 Å². The van der Waals surface area contributed by atoms with E-state index in [0.717, 1.165) is 29.8 Å². The van der Waals surface area contributed by atoms with Crippen molar-refractivity contribution in [2.45, 2.75) is 19.3 Å². The minimum absolute atomic E-state index is 0.719. The quantitative estimate of drug-likeness (QED) is 0.844. The zero-order valence-electron chi connectivity index (χ0n) is 10.7. The molecule has 0 bridgehead atoms. The number of anilines is 2. The third kappa shape index (κ3) is 2.43. The fourth-order valence-electron chi connectivity index (χ4n) is 2.15. The van der Waals surface area contributed by atoms with Crippen LogP contribution in [0.5, 0.6) is 5.75 Å². The predicted molar refractivity (Wildman–Crippen MR) is 68.7 cm³/mol. The van der Waals surface area contributed by atoms with Crippen LogP contribution in [0.4, 0.5) is 11.6 Å². The molecule has 94 valence electrons. The van der Waals surface area contributed by atoms with E-state index in [4.69, 9.17) is 4.74 Å². The fourth-order valence-corrected chi connectivity index (χ4v) is 2.15. The minimum atomic E-state index is 0.719. The monoisotopic (exact) mass is 236 g/mol. The van der Waals surface area contributed by atoms with Crippen molar-refractivity contribution in [3.8, 4) is 5.75 Å². The molecule has 0 aromatic carbocycles. The summed E-state index contributed by atoms with van der Waals surface area (Å²) in [5.41, 5.74) is 0. The molecule has 1 aliphatic rings. The van der Waals surface area contributed by atoms with E-state index in [0.29, 0.717) is 0 Å². The van der Waals surface area contributed by atoms with Gasteiger partial charge in [-0.3, -0.25) is 0 Å². The van der Waals surface area contributed by atoms with Crippen molar-refractivity contribution in [2.24, 2.45) is 5.92 Å². The van der Waals surface area contributed by atoms with Crippen LogP contribution >= 0.6 is 0 Å². The summed E-state index contributed by atoms with van der Waals surface area (Å²) in [5.74, 6) is 3.12. The number of hydrogen-bond donors (Lipinski definition) is 1. The van der Waals surface area contributed by atoms with Crippen molar-refractivity contribution >= 4 is 11.6 Å². The number of methoxy groups -OCH3 is 1. The maximum absolute atomic E-state index is 5.39. The summed E-state index contributed by atoms with van der Waals surface area (Å²) in [5, 5.41) is 3.02. The van der Waals surface area contributed by atoms with Crippen molar-refractivity contribution in [1.82, 2.24) is 9.97 Å². The smallest absolute Gasteiger partial charge is 0.204 e. The van der Waals surface area contributed by atoms with Gasteiger partial charge in [-0.2, -0.15) is 0 Å². The highest BCUT2D eigenvalue weighted by Gasteiger charge is 2.22. The van der Waals surface area contributed by atoms with Gasteiger partial charge in [-0.25, -0.2) is 9.97 Å². The van der Waals surface area contributed by atoms with Gasteiger partial charge in [0, 0.05) is 20.6 Å². The largest absolute Gasteiger partial charge is 0.490 e. The van der Waals surface area contributed by atoms with Crippen molar-refractivity contribution in [3.63, 3.8) is 0 Å². The van der Waals surface area contributed by atoms with Gasteiger partial charge in [-0.15, -0.1) is 0 Å². The molecular formula is C12H20N4O. The summed E-state index contributed by atoms with van der Waals surface area (Å²) in [6.45, 7) is 1.04. The van der Waals surface area contributed by atoms with E-state index in [1.165, 1.54) is 19.3 Å². The average molecular weight is 236 g/mol. The van der Waals surface area contributed by atoms with E-state index < -0.39 is 0 Å². The highest BCUT2D eigenvalue weighted by atomic mass is 16.5. The number of ether oxygens (including phenoxy) is 1. The van der Waals surface area contributed by atoms with Crippen LogP contribution in [0, 0.1) is 5.92 Å². The molecule has 1 aliphatic carbocycles. The van der Waals surface area contributed by atoms with Crippen molar-refractivity contribution < 1.29 is 4.74 Å². The lowest BCUT2D eigenvalue weighted by molar-refractivity contribution is 0.319. The lowest BCUT2D eigenvalue weighted by Crippen LogP contribution is -2.30. The molecule has 1 heterocycles. The Bertz CT molecular complexity index is 379. The highest BCUT2D eigenvalue weighted by Crippen LogP contribution is 2.33. The minimum Gasteiger partial charge on any atom is -0.490 e. The lowest BCUT2D eigenvalue weighted by atomic mass is 9.85. The lowest BCUT2D eigenvalue weighted by Gasteiger charge is -2.31. The van der Waals surface area contributed by atoms with Gasteiger partial charge in [0.15, 0.2) is 11.6 Å². The Kier molecular flexibility index (Phi) is 3.66. The molecule has 1 fully saturated rings. The Morgan fingerprint density at radius 1 is 1.47 bits per heavy atom. The van der Waals surface area contributed by atoms with Crippen LogP contribution in [-0.2, 0) is 0 Å².